The molecule has 1 unspecified atom stereocenters. The Kier molecular flexibility index (Phi) is 7.72. The summed E-state index contributed by atoms with van der Waals surface area (Å²) >= 11 is 3.44. The zero-order chi connectivity index (χ0) is 24.8. The van der Waals surface area contributed by atoms with Crippen molar-refractivity contribution in [3.63, 3.8) is 0 Å². The Labute approximate surface area is 211 Å². The van der Waals surface area contributed by atoms with Crippen molar-refractivity contribution in [2.75, 3.05) is 7.05 Å². The highest BCUT2D eigenvalue weighted by molar-refractivity contribution is 9.10. The number of rotatable bonds is 8. The zero-order valence-corrected chi connectivity index (χ0v) is 20.6. The first kappa shape index (κ1) is 24.3. The van der Waals surface area contributed by atoms with E-state index >= 15 is 0 Å². The number of amides is 2. The molecule has 1 heterocycles. The van der Waals surface area contributed by atoms with E-state index in [-0.39, 0.29) is 11.6 Å². The van der Waals surface area contributed by atoms with E-state index in [1.54, 1.807) is 24.3 Å². The van der Waals surface area contributed by atoms with Crippen LogP contribution in [0.1, 0.15) is 21.6 Å². The molecule has 0 aliphatic carbocycles. The van der Waals surface area contributed by atoms with Crippen molar-refractivity contribution in [2.24, 2.45) is 0 Å². The molecule has 0 fully saturated rings. The van der Waals surface area contributed by atoms with Gasteiger partial charge in [0.15, 0.2) is 0 Å². The minimum absolute atomic E-state index is 0.232. The molecule has 0 aliphatic heterocycles. The second-order valence-corrected chi connectivity index (χ2v) is 8.93. The van der Waals surface area contributed by atoms with Crippen molar-refractivity contribution < 1.29 is 14.0 Å². The molecule has 2 amide bonds. The Morgan fingerprint density at radius 1 is 0.971 bits per heavy atom. The number of hydrogen-bond donors (Lipinski definition) is 2. The smallest absolute Gasteiger partial charge is 0.270 e. The summed E-state index contributed by atoms with van der Waals surface area (Å²) in [6.45, 7) is 0.314. The normalized spacial score (nSPS) is 11.6. The maximum absolute atomic E-state index is 14.5. The lowest BCUT2D eigenvalue weighted by Crippen LogP contribution is -2.47. The summed E-state index contributed by atoms with van der Waals surface area (Å²) in [5, 5.41) is 9.98. The Bertz CT molecular complexity index is 1340. The molecule has 4 rings (SSSR count). The summed E-state index contributed by atoms with van der Waals surface area (Å²) < 4.78 is 16.9. The van der Waals surface area contributed by atoms with Gasteiger partial charge in [-0.2, -0.15) is 5.10 Å². The Balaban J connectivity index is 1.66. The zero-order valence-electron chi connectivity index (χ0n) is 19.0. The van der Waals surface area contributed by atoms with E-state index < -0.39 is 17.8 Å². The van der Waals surface area contributed by atoms with Crippen LogP contribution in [0.3, 0.4) is 0 Å². The molecule has 4 aromatic rings. The van der Waals surface area contributed by atoms with Crippen molar-refractivity contribution in [2.45, 2.75) is 19.0 Å². The quantitative estimate of drug-likeness (QED) is 0.347. The highest BCUT2D eigenvalue weighted by Gasteiger charge is 2.24. The number of likely N-dealkylation sites (N-methyl/N-ethyl adjacent to an activating group) is 1. The summed E-state index contributed by atoms with van der Waals surface area (Å²) in [4.78, 5) is 26.0. The lowest BCUT2D eigenvalue weighted by Gasteiger charge is -2.18. The van der Waals surface area contributed by atoms with Gasteiger partial charge in [-0.15, -0.1) is 0 Å². The summed E-state index contributed by atoms with van der Waals surface area (Å²) in [6.07, 6.45) is 0.303. The molecule has 0 aliphatic rings. The van der Waals surface area contributed by atoms with Crippen molar-refractivity contribution >= 4 is 27.7 Å². The molecular formula is C27H24BrFN4O2. The molecule has 0 saturated carbocycles. The molecular weight excluding hydrogens is 511 g/mol. The molecule has 8 heteroatoms. The van der Waals surface area contributed by atoms with Gasteiger partial charge in [-0.3, -0.25) is 14.3 Å². The fourth-order valence-electron chi connectivity index (χ4n) is 3.79. The molecule has 1 atom stereocenters. The van der Waals surface area contributed by atoms with Crippen LogP contribution in [-0.2, 0) is 17.8 Å². The van der Waals surface area contributed by atoms with Gasteiger partial charge in [0.25, 0.3) is 5.91 Å². The first-order valence-electron chi connectivity index (χ1n) is 11.1. The third-order valence-electron chi connectivity index (χ3n) is 5.53. The molecule has 35 heavy (non-hydrogen) atoms. The number of carbonyl (C=O) groups is 2. The maximum atomic E-state index is 14.5. The lowest BCUT2D eigenvalue weighted by atomic mass is 10.0. The van der Waals surface area contributed by atoms with Crippen molar-refractivity contribution in [1.29, 1.82) is 0 Å². The van der Waals surface area contributed by atoms with E-state index in [4.69, 9.17) is 0 Å². The molecule has 178 valence electrons. The maximum Gasteiger partial charge on any atom is 0.270 e. The summed E-state index contributed by atoms with van der Waals surface area (Å²) in [5.41, 5.74) is 2.69. The van der Waals surface area contributed by atoms with Crippen LogP contribution in [-0.4, -0.2) is 34.7 Å². The van der Waals surface area contributed by atoms with E-state index in [1.165, 1.54) is 17.8 Å². The van der Waals surface area contributed by atoms with Gasteiger partial charge in [0.05, 0.1) is 12.2 Å². The van der Waals surface area contributed by atoms with Gasteiger partial charge in [-0.05, 0) is 41.5 Å². The number of nitrogens with zero attached hydrogens (tertiary/aromatic N) is 2. The summed E-state index contributed by atoms with van der Waals surface area (Å²) in [5.74, 6) is -1.22. The molecule has 3 aromatic carbocycles. The second-order valence-electron chi connectivity index (χ2n) is 8.01. The van der Waals surface area contributed by atoms with Crippen LogP contribution >= 0.6 is 15.9 Å². The molecule has 1 aromatic heterocycles. The average molecular weight is 535 g/mol. The molecule has 6 nitrogen and oxygen atoms in total. The second kappa shape index (κ2) is 11.1. The predicted molar refractivity (Wildman–Crippen MR) is 136 cm³/mol. The van der Waals surface area contributed by atoms with Gasteiger partial charge >= 0.3 is 0 Å². The van der Waals surface area contributed by atoms with Gasteiger partial charge in [0.1, 0.15) is 17.6 Å². The third-order valence-corrected chi connectivity index (χ3v) is 6.03. The van der Waals surface area contributed by atoms with E-state index in [1.807, 2.05) is 54.6 Å². The van der Waals surface area contributed by atoms with Crippen LogP contribution in [0.15, 0.2) is 89.4 Å². The molecule has 0 spiro atoms. The summed E-state index contributed by atoms with van der Waals surface area (Å²) in [6, 6.07) is 24.1. The van der Waals surface area contributed by atoms with Crippen LogP contribution in [0, 0.1) is 5.82 Å². The number of aromatic nitrogens is 2. The Hall–Kier alpha value is -3.78. The van der Waals surface area contributed by atoms with Gasteiger partial charge < -0.3 is 10.6 Å². The molecule has 0 radical (unpaired) electrons. The van der Waals surface area contributed by atoms with E-state index in [2.05, 4.69) is 31.7 Å². The van der Waals surface area contributed by atoms with E-state index in [9.17, 15) is 14.0 Å². The lowest BCUT2D eigenvalue weighted by molar-refractivity contribution is -0.122. The van der Waals surface area contributed by atoms with Crippen molar-refractivity contribution in [3.05, 3.63) is 112 Å². The van der Waals surface area contributed by atoms with Crippen LogP contribution in [0.2, 0.25) is 0 Å². The fourth-order valence-corrected chi connectivity index (χ4v) is 4.24. The number of benzene rings is 3. The molecule has 0 bridgehead atoms. The number of carbonyl (C=O) groups excluding carboxylic acids is 2. The van der Waals surface area contributed by atoms with Gasteiger partial charge in [-0.1, -0.05) is 70.5 Å². The highest BCUT2D eigenvalue weighted by Crippen LogP contribution is 2.23. The first-order valence-corrected chi connectivity index (χ1v) is 11.9. The van der Waals surface area contributed by atoms with Crippen molar-refractivity contribution in [3.8, 4) is 11.3 Å². The summed E-state index contributed by atoms with van der Waals surface area (Å²) in [7, 11) is 1.53. The van der Waals surface area contributed by atoms with Crippen LogP contribution in [0.4, 0.5) is 4.39 Å². The predicted octanol–water partition coefficient (Wildman–Crippen LogP) is 4.59. The van der Waals surface area contributed by atoms with Crippen LogP contribution < -0.4 is 10.6 Å². The van der Waals surface area contributed by atoms with E-state index in [0.29, 0.717) is 24.2 Å². The van der Waals surface area contributed by atoms with Crippen LogP contribution in [0.25, 0.3) is 11.3 Å². The minimum atomic E-state index is -0.807. The highest BCUT2D eigenvalue weighted by atomic mass is 79.9. The molecule has 0 saturated heterocycles. The standard InChI is InChI=1S/C27H24BrFN4O2/c1-30-26(34)24(15-19-10-7-11-20(28)14-19)31-27(35)25-16-23(21-12-5-6-13-22(21)29)32-33(25)17-18-8-3-2-4-9-18/h2-14,16,24H,15,17H2,1H3,(H,30,34)(H,31,35). The first-order chi connectivity index (χ1) is 16.9. The fraction of sp³-hybridized carbons (Fsp3) is 0.148. The number of halogens is 2. The van der Waals surface area contributed by atoms with Crippen LogP contribution in [0.5, 0.6) is 0 Å². The van der Waals surface area contributed by atoms with Gasteiger partial charge in [0.2, 0.25) is 5.91 Å². The van der Waals surface area contributed by atoms with E-state index in [0.717, 1.165) is 15.6 Å². The Morgan fingerprint density at radius 3 is 2.40 bits per heavy atom. The SMILES string of the molecule is CNC(=O)C(Cc1cccc(Br)c1)NC(=O)c1cc(-c2ccccc2F)nn1Cc1ccccc1. The monoisotopic (exact) mass is 534 g/mol. The number of nitrogens with one attached hydrogen (secondary N) is 2. The third kappa shape index (κ3) is 6.02. The minimum Gasteiger partial charge on any atom is -0.357 e. The largest absolute Gasteiger partial charge is 0.357 e. The average Bonchev–Trinajstić information content (AvgIpc) is 3.27. The van der Waals surface area contributed by atoms with Gasteiger partial charge in [-0.25, -0.2) is 4.39 Å². The topological polar surface area (TPSA) is 76.0 Å². The Morgan fingerprint density at radius 2 is 1.69 bits per heavy atom. The van der Waals surface area contributed by atoms with Gasteiger partial charge in [0, 0.05) is 23.5 Å². The number of hydrogen-bond acceptors (Lipinski definition) is 3. The van der Waals surface area contributed by atoms with Crippen molar-refractivity contribution in [1.82, 2.24) is 20.4 Å². The molecule has 2 N–H and O–H groups in total.